The maximum Gasteiger partial charge on any atom is 0.343 e. The molecule has 4 aromatic rings. The molecule has 1 fully saturated rings. The van der Waals surface area contributed by atoms with Gasteiger partial charge in [0.05, 0.1) is 16.7 Å². The minimum Gasteiger partial charge on any atom is -0.423 e. The number of esters is 1. The van der Waals surface area contributed by atoms with Crippen LogP contribution in [0.15, 0.2) is 67.1 Å². The minimum atomic E-state index is -3.21. The Labute approximate surface area is 209 Å². The largest absolute Gasteiger partial charge is 0.423 e. The number of rotatable bonds is 8. The van der Waals surface area contributed by atoms with E-state index < -0.39 is 16.0 Å². The Morgan fingerprint density at radius 1 is 1.14 bits per heavy atom. The molecule has 2 aromatic carbocycles. The molecular weight excluding hydrogens is 478 g/mol. The first-order chi connectivity index (χ1) is 17.3. The summed E-state index contributed by atoms with van der Waals surface area (Å²) >= 11 is 0. The molecule has 2 heterocycles. The molecule has 0 bridgehead atoms. The molecule has 10 heteroatoms. The van der Waals surface area contributed by atoms with Crippen LogP contribution in [-0.2, 0) is 10.0 Å². The molecule has 9 nitrogen and oxygen atoms in total. The Kier molecular flexibility index (Phi) is 6.46. The van der Waals surface area contributed by atoms with Crippen molar-refractivity contribution in [3.63, 3.8) is 0 Å². The van der Waals surface area contributed by atoms with E-state index in [0.717, 1.165) is 35.0 Å². The fourth-order valence-corrected chi connectivity index (χ4v) is 5.21. The highest BCUT2D eigenvalue weighted by Crippen LogP contribution is 2.43. The normalized spacial score (nSPS) is 17.6. The predicted octanol–water partition coefficient (Wildman–Crippen LogP) is 3.79. The third-order valence-corrected chi connectivity index (χ3v) is 7.95. The van der Waals surface area contributed by atoms with E-state index in [-0.39, 0.29) is 17.7 Å². The molecule has 0 atom stereocenters. The van der Waals surface area contributed by atoms with E-state index in [9.17, 15) is 13.2 Å². The van der Waals surface area contributed by atoms with E-state index >= 15 is 0 Å². The van der Waals surface area contributed by atoms with Crippen molar-refractivity contribution in [2.45, 2.75) is 25.8 Å². The first-order valence-electron chi connectivity index (χ1n) is 11.8. The van der Waals surface area contributed by atoms with Crippen molar-refractivity contribution in [3.05, 3.63) is 72.7 Å². The van der Waals surface area contributed by atoms with Gasteiger partial charge in [0, 0.05) is 24.3 Å². The number of anilines is 1. The summed E-state index contributed by atoms with van der Waals surface area (Å²) in [6.07, 6.45) is 5.11. The Balaban J connectivity index is 1.40. The monoisotopic (exact) mass is 505 g/mol. The molecule has 0 amide bonds. The van der Waals surface area contributed by atoms with E-state index in [4.69, 9.17) is 10.5 Å². The highest BCUT2D eigenvalue weighted by atomic mass is 32.2. The number of sulfonamides is 1. The molecule has 5 rings (SSSR count). The third kappa shape index (κ3) is 4.82. The number of nitrogen functional groups attached to an aromatic ring is 1. The smallest absolute Gasteiger partial charge is 0.343 e. The molecule has 2 aromatic heterocycles. The first-order valence-corrected chi connectivity index (χ1v) is 13.5. The second kappa shape index (κ2) is 9.71. The highest BCUT2D eigenvalue weighted by Gasteiger charge is 2.33. The van der Waals surface area contributed by atoms with Crippen molar-refractivity contribution in [2.24, 2.45) is 5.92 Å². The van der Waals surface area contributed by atoms with Gasteiger partial charge >= 0.3 is 5.97 Å². The van der Waals surface area contributed by atoms with Gasteiger partial charge in [-0.2, -0.15) is 0 Å². The number of aromatic nitrogens is 3. The molecule has 36 heavy (non-hydrogen) atoms. The molecular formula is C26H27N5O4S. The second-order valence-electron chi connectivity index (χ2n) is 8.93. The topological polar surface area (TPSA) is 129 Å². The molecule has 0 unspecified atom stereocenters. The van der Waals surface area contributed by atoms with Crippen LogP contribution in [0, 0.1) is 5.92 Å². The zero-order valence-electron chi connectivity index (χ0n) is 19.8. The number of nitrogens with zero attached hydrogens (tertiary/aromatic N) is 3. The van der Waals surface area contributed by atoms with Gasteiger partial charge in [0.2, 0.25) is 10.0 Å². The molecule has 0 radical (unpaired) electrons. The number of hydrogen-bond donors (Lipinski definition) is 2. The average molecular weight is 506 g/mol. The quantitative estimate of drug-likeness (QED) is 0.275. The summed E-state index contributed by atoms with van der Waals surface area (Å²) in [4.78, 5) is 21.2. The Morgan fingerprint density at radius 3 is 2.67 bits per heavy atom. The van der Waals surface area contributed by atoms with Crippen LogP contribution in [0.4, 0.5) is 5.82 Å². The van der Waals surface area contributed by atoms with Crippen molar-refractivity contribution in [1.29, 1.82) is 0 Å². The lowest BCUT2D eigenvalue weighted by Crippen LogP contribution is -2.37. The Bertz CT molecular complexity index is 1510. The zero-order chi connectivity index (χ0) is 25.3. The molecule has 3 N–H and O–H groups in total. The minimum absolute atomic E-state index is 0.0741. The number of hydrogen-bond acceptors (Lipinski definition) is 7. The Hall–Kier alpha value is -3.76. The van der Waals surface area contributed by atoms with Gasteiger partial charge in [-0.25, -0.2) is 27.9 Å². The standard InChI is InChI=1S/C26H27N5O4S/c1-2-36(33,34)30-14-17-11-20(12-17)31-15-22(23-24(27)28-16-29-25(23)31)19-9-6-10-21(13-19)35-26(32)18-7-4-3-5-8-18/h3-10,13,15-17,20,30H,2,11-12,14H2,1H3,(H2,27,28,29). The van der Waals surface area contributed by atoms with E-state index in [1.165, 1.54) is 6.33 Å². The second-order valence-corrected chi connectivity index (χ2v) is 11.0. The number of nitrogens with two attached hydrogens (primary N) is 1. The van der Waals surface area contributed by atoms with Crippen LogP contribution in [0.25, 0.3) is 22.2 Å². The lowest BCUT2D eigenvalue weighted by Gasteiger charge is -2.36. The zero-order valence-corrected chi connectivity index (χ0v) is 20.6. The van der Waals surface area contributed by atoms with Crippen LogP contribution in [0.3, 0.4) is 0 Å². The van der Waals surface area contributed by atoms with Crippen LogP contribution < -0.4 is 15.2 Å². The number of carbonyl (C=O) groups excluding carboxylic acids is 1. The lowest BCUT2D eigenvalue weighted by atomic mass is 9.80. The SMILES string of the molecule is CCS(=O)(=O)NCC1CC(n2cc(-c3cccc(OC(=O)c4ccccc4)c3)c3c(N)ncnc32)C1. The van der Waals surface area contributed by atoms with E-state index in [1.54, 1.807) is 43.3 Å². The molecule has 0 aliphatic heterocycles. The molecule has 0 saturated heterocycles. The van der Waals surface area contributed by atoms with Crippen LogP contribution in [0.2, 0.25) is 0 Å². The van der Waals surface area contributed by atoms with Crippen LogP contribution in [0.1, 0.15) is 36.2 Å². The van der Waals surface area contributed by atoms with Gasteiger partial charge in [0.15, 0.2) is 0 Å². The van der Waals surface area contributed by atoms with Crippen LogP contribution in [-0.4, -0.2) is 41.2 Å². The number of carbonyl (C=O) groups is 1. The summed E-state index contributed by atoms with van der Waals surface area (Å²) in [7, 11) is -3.21. The van der Waals surface area contributed by atoms with Gasteiger partial charge in [0.25, 0.3) is 0 Å². The van der Waals surface area contributed by atoms with Gasteiger partial charge in [-0.3, -0.25) is 0 Å². The van der Waals surface area contributed by atoms with Crippen LogP contribution in [0.5, 0.6) is 5.75 Å². The third-order valence-electron chi connectivity index (χ3n) is 6.58. The molecule has 186 valence electrons. The van der Waals surface area contributed by atoms with E-state index in [1.807, 2.05) is 24.4 Å². The molecule has 1 aliphatic carbocycles. The predicted molar refractivity (Wildman–Crippen MR) is 138 cm³/mol. The van der Waals surface area contributed by atoms with Crippen molar-refractivity contribution in [2.75, 3.05) is 18.0 Å². The summed E-state index contributed by atoms with van der Waals surface area (Å²) in [6.45, 7) is 2.06. The number of ether oxygens (including phenoxy) is 1. The lowest BCUT2D eigenvalue weighted by molar-refractivity contribution is 0.0735. The maximum absolute atomic E-state index is 12.5. The van der Waals surface area contributed by atoms with Gasteiger partial charge in [-0.05, 0) is 55.5 Å². The number of fused-ring (bicyclic) bond motifs is 1. The first kappa shape index (κ1) is 24.0. The molecule has 1 saturated carbocycles. The summed E-state index contributed by atoms with van der Waals surface area (Å²) < 4.78 is 33.9. The summed E-state index contributed by atoms with van der Waals surface area (Å²) in [5.41, 5.74) is 9.14. The van der Waals surface area contributed by atoms with Crippen molar-refractivity contribution in [1.82, 2.24) is 19.3 Å². The maximum atomic E-state index is 12.5. The summed E-state index contributed by atoms with van der Waals surface area (Å²) in [6, 6.07) is 16.3. The fraction of sp³-hybridized carbons (Fsp3) is 0.269. The van der Waals surface area contributed by atoms with Gasteiger partial charge < -0.3 is 15.0 Å². The molecule has 0 spiro atoms. The average Bonchev–Trinajstić information content (AvgIpc) is 3.24. The van der Waals surface area contributed by atoms with Crippen molar-refractivity contribution >= 4 is 32.8 Å². The van der Waals surface area contributed by atoms with Gasteiger partial charge in [0.1, 0.15) is 23.5 Å². The van der Waals surface area contributed by atoms with Crippen molar-refractivity contribution < 1.29 is 17.9 Å². The van der Waals surface area contributed by atoms with E-state index in [2.05, 4.69) is 19.3 Å². The number of benzene rings is 2. The van der Waals surface area contributed by atoms with Gasteiger partial charge in [-0.15, -0.1) is 0 Å². The summed E-state index contributed by atoms with van der Waals surface area (Å²) in [5.74, 6) is 0.691. The van der Waals surface area contributed by atoms with E-state index in [0.29, 0.717) is 23.7 Å². The van der Waals surface area contributed by atoms with Crippen LogP contribution >= 0.6 is 0 Å². The molecule has 1 aliphatic rings. The highest BCUT2D eigenvalue weighted by molar-refractivity contribution is 7.89. The van der Waals surface area contributed by atoms with Gasteiger partial charge in [-0.1, -0.05) is 30.3 Å². The van der Waals surface area contributed by atoms with Crippen molar-refractivity contribution in [3.8, 4) is 16.9 Å². The summed E-state index contributed by atoms with van der Waals surface area (Å²) in [5, 5.41) is 0.735. The Morgan fingerprint density at radius 2 is 1.92 bits per heavy atom. The number of nitrogens with one attached hydrogen (secondary N) is 1. The fourth-order valence-electron chi connectivity index (χ4n) is 4.51.